The summed E-state index contributed by atoms with van der Waals surface area (Å²) in [5.41, 5.74) is -0.260. The molecule has 2 heterocycles. The molecule has 0 spiro atoms. The minimum absolute atomic E-state index is 0.134. The molecule has 0 aromatic heterocycles. The Balaban J connectivity index is 1.86. The topological polar surface area (TPSA) is 242 Å². The quantitative estimate of drug-likeness (QED) is 0.143. The smallest absolute Gasteiger partial charge is 0.471 e. The second kappa shape index (κ2) is 13.8. The molecule has 1 aromatic carbocycles. The maximum atomic E-state index is 12.5. The van der Waals surface area contributed by atoms with Crippen LogP contribution in [-0.4, -0.2) is 123 Å². The Morgan fingerprint density at radius 1 is 0.884 bits per heavy atom. The molecule has 0 aliphatic carbocycles. The van der Waals surface area contributed by atoms with Gasteiger partial charge in [-0.3, -0.25) is 14.4 Å². The van der Waals surface area contributed by atoms with E-state index in [-0.39, 0.29) is 11.4 Å². The van der Waals surface area contributed by atoms with Gasteiger partial charge in [-0.25, -0.2) is 4.79 Å². The lowest BCUT2D eigenvalue weighted by atomic mass is 9.94. The Kier molecular flexibility index (Phi) is 10.9. The van der Waals surface area contributed by atoms with Crippen LogP contribution < -0.4 is 20.7 Å². The number of hydrogen-bond acceptors (Lipinski definition) is 12. The minimum atomic E-state index is -5.14. The summed E-state index contributed by atoms with van der Waals surface area (Å²) < 4.78 is 59.7. The molecular weight excluding hydrogens is 595 g/mol. The fraction of sp³-hybridized carbons (Fsp3) is 0.583. The molecule has 2 saturated heterocycles. The number of aliphatic hydroxyl groups is 4. The van der Waals surface area contributed by atoms with Gasteiger partial charge in [-0.15, -0.1) is 0 Å². The number of carboxylic acids is 1. The third-order valence-electron chi connectivity index (χ3n) is 6.35. The van der Waals surface area contributed by atoms with Crippen LogP contribution in [0, 0.1) is 0 Å². The lowest BCUT2D eigenvalue weighted by Crippen LogP contribution is -2.70. The largest absolute Gasteiger partial charge is 0.479 e. The molecular formula is C24H30F3N3O13. The van der Waals surface area contributed by atoms with Gasteiger partial charge in [0, 0.05) is 19.5 Å². The van der Waals surface area contributed by atoms with Crippen LogP contribution in [0.15, 0.2) is 24.3 Å². The lowest BCUT2D eigenvalue weighted by molar-refractivity contribution is -0.320. The van der Waals surface area contributed by atoms with Crippen LogP contribution in [0.5, 0.6) is 5.75 Å². The molecule has 1 aromatic rings. The number of carbonyl (C=O) groups excluding carboxylic acids is 3. The number of nitrogens with one attached hydrogen (secondary N) is 3. The van der Waals surface area contributed by atoms with E-state index in [0.717, 1.165) is 38.1 Å². The van der Waals surface area contributed by atoms with Gasteiger partial charge in [0.1, 0.15) is 48.4 Å². The second-order valence-corrected chi connectivity index (χ2v) is 9.61. The van der Waals surface area contributed by atoms with Gasteiger partial charge >= 0.3 is 18.1 Å². The van der Waals surface area contributed by atoms with Crippen LogP contribution in [0.2, 0.25) is 0 Å². The molecule has 2 unspecified atom stereocenters. The van der Waals surface area contributed by atoms with Crippen molar-refractivity contribution in [1.82, 2.24) is 10.6 Å². The molecule has 0 saturated carbocycles. The molecule has 2 aliphatic heterocycles. The van der Waals surface area contributed by atoms with Crippen molar-refractivity contribution >= 4 is 29.4 Å². The molecule has 2 fully saturated rings. The number of alkyl halides is 3. The van der Waals surface area contributed by atoms with Crippen molar-refractivity contribution in [2.45, 2.75) is 81.3 Å². The molecule has 3 amide bonds. The standard InChI is InChI=1S/C24H30F3N3O13/c1-8(32)28-13-16(35)15(34)12(7-31)41-22(13)42-18-17(36)14(29-9(2)33)21(43-19(18)20(37)38)40-11-5-3-10(4-6-11)30-23(39)24(25,26)27/h3-6,12-19,21-22,31,34-36H,7H2,1-2H3,(H,28,32)(H,29,33)(H,30,39)(H,37,38)/t12-,13-,14+,15-,16-,17-,18+,19+,21?,22?/m1/s1. The third-order valence-corrected chi connectivity index (χ3v) is 6.35. The molecule has 16 nitrogen and oxygen atoms in total. The Bertz CT molecular complexity index is 1170. The van der Waals surface area contributed by atoms with E-state index in [1.165, 1.54) is 0 Å². The first-order valence-corrected chi connectivity index (χ1v) is 12.6. The second-order valence-electron chi connectivity index (χ2n) is 9.61. The zero-order valence-corrected chi connectivity index (χ0v) is 22.4. The van der Waals surface area contributed by atoms with E-state index in [0.29, 0.717) is 0 Å². The van der Waals surface area contributed by atoms with Gasteiger partial charge in [0.25, 0.3) is 0 Å². The zero-order chi connectivity index (χ0) is 32.2. The maximum Gasteiger partial charge on any atom is 0.471 e. The molecule has 0 bridgehead atoms. The number of benzene rings is 1. The molecule has 3 rings (SSSR count). The summed E-state index contributed by atoms with van der Waals surface area (Å²) in [6, 6.07) is 1.20. The summed E-state index contributed by atoms with van der Waals surface area (Å²) in [7, 11) is 0. The van der Waals surface area contributed by atoms with Crippen molar-refractivity contribution < 1.29 is 76.8 Å². The highest BCUT2D eigenvalue weighted by molar-refractivity contribution is 5.94. The normalized spacial score (nSPS) is 32.8. The van der Waals surface area contributed by atoms with Crippen LogP contribution in [-0.2, 0) is 33.4 Å². The molecule has 0 radical (unpaired) electrons. The van der Waals surface area contributed by atoms with Crippen LogP contribution >= 0.6 is 0 Å². The molecule has 2 aliphatic rings. The van der Waals surface area contributed by atoms with Crippen LogP contribution in [0.25, 0.3) is 0 Å². The number of halogens is 3. The van der Waals surface area contributed by atoms with E-state index in [9.17, 15) is 57.9 Å². The highest BCUT2D eigenvalue weighted by atomic mass is 19.4. The van der Waals surface area contributed by atoms with Crippen molar-refractivity contribution in [3.8, 4) is 5.75 Å². The van der Waals surface area contributed by atoms with Gasteiger partial charge in [-0.05, 0) is 24.3 Å². The summed E-state index contributed by atoms with van der Waals surface area (Å²) in [5, 5.41) is 57.5. The molecule has 240 valence electrons. The monoisotopic (exact) mass is 625 g/mol. The van der Waals surface area contributed by atoms with Crippen molar-refractivity contribution in [3.63, 3.8) is 0 Å². The number of rotatable bonds is 9. The Labute approximate surface area is 240 Å². The van der Waals surface area contributed by atoms with E-state index < -0.39 is 97.8 Å². The van der Waals surface area contributed by atoms with Gasteiger partial charge < -0.3 is 60.4 Å². The van der Waals surface area contributed by atoms with Crippen molar-refractivity contribution in [1.29, 1.82) is 0 Å². The number of ether oxygens (including phenoxy) is 4. The first-order valence-electron chi connectivity index (χ1n) is 12.6. The SMILES string of the molecule is CC(=O)N[C@@H]1C(Oc2ccc(NC(=O)C(F)(F)F)cc2)O[C@H](C(=O)O)[C@@H](OC2O[C@H](CO)[C@@H](O)[C@H](O)[C@H]2NC(C)=O)[C@@H]1O. The highest BCUT2D eigenvalue weighted by Gasteiger charge is 2.54. The maximum absolute atomic E-state index is 12.5. The summed E-state index contributed by atoms with van der Waals surface area (Å²) in [6.07, 6.45) is -19.4. The highest BCUT2D eigenvalue weighted by Crippen LogP contribution is 2.31. The Hall–Kier alpha value is -3.59. The van der Waals surface area contributed by atoms with Gasteiger partial charge in [0.05, 0.1) is 6.61 Å². The molecule has 8 N–H and O–H groups in total. The van der Waals surface area contributed by atoms with Crippen LogP contribution in [0.4, 0.5) is 18.9 Å². The number of amides is 3. The number of aliphatic hydroxyl groups excluding tert-OH is 4. The fourth-order valence-electron chi connectivity index (χ4n) is 4.39. The lowest BCUT2D eigenvalue weighted by Gasteiger charge is -2.47. The van der Waals surface area contributed by atoms with Gasteiger partial charge in [0.2, 0.25) is 18.1 Å². The summed E-state index contributed by atoms with van der Waals surface area (Å²) in [4.78, 5) is 47.0. The summed E-state index contributed by atoms with van der Waals surface area (Å²) >= 11 is 0. The zero-order valence-electron chi connectivity index (χ0n) is 22.4. The minimum Gasteiger partial charge on any atom is -0.479 e. The number of anilines is 1. The van der Waals surface area contributed by atoms with E-state index >= 15 is 0 Å². The molecule has 19 heteroatoms. The van der Waals surface area contributed by atoms with Gasteiger partial charge in [-0.1, -0.05) is 0 Å². The Morgan fingerprint density at radius 2 is 1.44 bits per heavy atom. The average Bonchev–Trinajstić information content (AvgIpc) is 2.91. The van der Waals surface area contributed by atoms with Crippen LogP contribution in [0.3, 0.4) is 0 Å². The van der Waals surface area contributed by atoms with E-state index in [1.54, 1.807) is 5.32 Å². The number of carboxylic acid groups (broad SMARTS) is 1. The van der Waals surface area contributed by atoms with Crippen molar-refractivity contribution in [3.05, 3.63) is 24.3 Å². The van der Waals surface area contributed by atoms with Gasteiger partial charge in [-0.2, -0.15) is 13.2 Å². The third kappa shape index (κ3) is 8.28. The first-order chi connectivity index (χ1) is 20.0. The van der Waals surface area contributed by atoms with E-state index in [1.807, 2.05) is 0 Å². The van der Waals surface area contributed by atoms with E-state index in [2.05, 4.69) is 10.6 Å². The summed E-state index contributed by atoms with van der Waals surface area (Å²) in [5.74, 6) is -5.50. The van der Waals surface area contributed by atoms with Crippen molar-refractivity contribution in [2.75, 3.05) is 11.9 Å². The molecule has 10 atom stereocenters. The predicted octanol–water partition coefficient (Wildman–Crippen LogP) is -2.43. The first kappa shape index (κ1) is 33.9. The predicted molar refractivity (Wildman–Crippen MR) is 132 cm³/mol. The van der Waals surface area contributed by atoms with Crippen molar-refractivity contribution in [2.24, 2.45) is 0 Å². The van der Waals surface area contributed by atoms with E-state index in [4.69, 9.17) is 18.9 Å². The molecule has 43 heavy (non-hydrogen) atoms. The fourth-order valence-corrected chi connectivity index (χ4v) is 4.39. The average molecular weight is 626 g/mol. The van der Waals surface area contributed by atoms with Gasteiger partial charge in [0.15, 0.2) is 12.4 Å². The number of aliphatic carboxylic acids is 1. The number of carbonyl (C=O) groups is 4. The summed E-state index contributed by atoms with van der Waals surface area (Å²) in [6.45, 7) is 1.31. The number of hydrogen-bond donors (Lipinski definition) is 8. The Morgan fingerprint density at radius 3 is 1.93 bits per heavy atom. The van der Waals surface area contributed by atoms with Crippen LogP contribution in [0.1, 0.15) is 13.8 Å².